The van der Waals surface area contributed by atoms with Gasteiger partial charge in [0.05, 0.1) is 6.61 Å². The largest absolute Gasteiger partial charge is 0.480 e. The summed E-state index contributed by atoms with van der Waals surface area (Å²) in [6.07, 6.45) is 1.74. The third kappa shape index (κ3) is 3.85. The number of nitrogens with zero attached hydrogens (tertiary/aromatic N) is 2. The van der Waals surface area contributed by atoms with Crippen LogP contribution in [0, 0.1) is 0 Å². The third-order valence-corrected chi connectivity index (χ3v) is 3.26. The fourth-order valence-corrected chi connectivity index (χ4v) is 2.01. The van der Waals surface area contributed by atoms with Gasteiger partial charge in [0.25, 0.3) is 0 Å². The van der Waals surface area contributed by atoms with Crippen LogP contribution in [0.3, 0.4) is 0 Å². The molecular formula is C11H21N3O4. The van der Waals surface area contributed by atoms with Crippen LogP contribution in [0.4, 0.5) is 4.79 Å². The van der Waals surface area contributed by atoms with Crippen molar-refractivity contribution in [3.8, 4) is 0 Å². The highest BCUT2D eigenvalue weighted by atomic mass is 16.4. The van der Waals surface area contributed by atoms with E-state index in [0.717, 1.165) is 12.8 Å². The van der Waals surface area contributed by atoms with Crippen molar-refractivity contribution in [2.75, 3.05) is 33.8 Å². The molecule has 0 aromatic heterocycles. The normalized spacial score (nSPS) is 18.8. The van der Waals surface area contributed by atoms with Gasteiger partial charge in [0.15, 0.2) is 6.04 Å². The molecule has 1 rings (SSSR count). The van der Waals surface area contributed by atoms with Gasteiger partial charge in [0.2, 0.25) is 0 Å². The molecule has 7 nitrogen and oxygen atoms in total. The Hall–Kier alpha value is -1.34. The molecule has 0 aromatic carbocycles. The topological polar surface area (TPSA) is 93.1 Å². The van der Waals surface area contributed by atoms with E-state index < -0.39 is 24.6 Å². The van der Waals surface area contributed by atoms with Gasteiger partial charge in [-0.25, -0.2) is 9.59 Å². The van der Waals surface area contributed by atoms with Crippen molar-refractivity contribution in [1.82, 2.24) is 15.1 Å². The lowest BCUT2D eigenvalue weighted by Gasteiger charge is -2.35. The predicted octanol–water partition coefficient (Wildman–Crippen LogP) is -0.832. The van der Waals surface area contributed by atoms with Crippen LogP contribution in [-0.4, -0.2) is 77.9 Å². The van der Waals surface area contributed by atoms with E-state index in [9.17, 15) is 9.59 Å². The lowest BCUT2D eigenvalue weighted by Crippen LogP contribution is -2.53. The summed E-state index contributed by atoms with van der Waals surface area (Å²) in [4.78, 5) is 26.2. The molecule has 18 heavy (non-hydrogen) atoms. The Bertz CT molecular complexity index is 301. The van der Waals surface area contributed by atoms with Crippen LogP contribution in [0.1, 0.15) is 12.8 Å². The van der Waals surface area contributed by atoms with Gasteiger partial charge >= 0.3 is 12.0 Å². The van der Waals surface area contributed by atoms with Crippen LogP contribution in [0.5, 0.6) is 0 Å². The first kappa shape index (κ1) is 14.7. The fourth-order valence-electron chi connectivity index (χ4n) is 2.01. The zero-order valence-corrected chi connectivity index (χ0v) is 10.8. The maximum absolute atomic E-state index is 11.8. The standard InChI is InChI=1S/C11H21N3O4/c1-13(2)8-3-5-14(6-4-8)11(18)12-9(7-15)10(16)17/h8-9,15H,3-7H2,1-2H3,(H,12,18)(H,16,17). The van der Waals surface area contributed by atoms with Gasteiger partial charge in [0.1, 0.15) is 0 Å². The van der Waals surface area contributed by atoms with Crippen LogP contribution in [0.2, 0.25) is 0 Å². The minimum atomic E-state index is -1.23. The molecule has 1 saturated heterocycles. The van der Waals surface area contributed by atoms with Gasteiger partial charge in [0, 0.05) is 19.1 Å². The van der Waals surface area contributed by atoms with Gasteiger partial charge in [-0.15, -0.1) is 0 Å². The Kier molecular flexibility index (Phi) is 5.36. The van der Waals surface area contributed by atoms with E-state index in [0.29, 0.717) is 19.1 Å². The Morgan fingerprint density at radius 3 is 2.33 bits per heavy atom. The molecule has 2 amide bonds. The lowest BCUT2D eigenvalue weighted by atomic mass is 10.0. The summed E-state index contributed by atoms with van der Waals surface area (Å²) in [5.41, 5.74) is 0. The van der Waals surface area contributed by atoms with E-state index in [1.165, 1.54) is 0 Å². The molecule has 7 heteroatoms. The second-order valence-corrected chi connectivity index (χ2v) is 4.70. The van der Waals surface area contributed by atoms with Crippen LogP contribution in [0.15, 0.2) is 0 Å². The summed E-state index contributed by atoms with van der Waals surface area (Å²) in [7, 11) is 4.01. The van der Waals surface area contributed by atoms with Crippen LogP contribution in [-0.2, 0) is 4.79 Å². The minimum absolute atomic E-state index is 0.423. The molecule has 104 valence electrons. The first-order chi connectivity index (χ1) is 8.45. The van der Waals surface area contributed by atoms with Crippen molar-refractivity contribution >= 4 is 12.0 Å². The molecule has 1 heterocycles. The van der Waals surface area contributed by atoms with Gasteiger partial charge in [-0.2, -0.15) is 0 Å². The number of aliphatic hydroxyl groups excluding tert-OH is 1. The second-order valence-electron chi connectivity index (χ2n) is 4.70. The number of carboxylic acids is 1. The molecule has 1 atom stereocenters. The predicted molar refractivity (Wildman–Crippen MR) is 65.3 cm³/mol. The number of hydrogen-bond acceptors (Lipinski definition) is 4. The number of aliphatic carboxylic acids is 1. The summed E-state index contributed by atoms with van der Waals surface area (Å²) in [5, 5.41) is 19.9. The maximum Gasteiger partial charge on any atom is 0.328 e. The Balaban J connectivity index is 2.42. The number of carboxylic acid groups (broad SMARTS) is 1. The zero-order valence-electron chi connectivity index (χ0n) is 10.8. The number of nitrogens with one attached hydrogen (secondary N) is 1. The maximum atomic E-state index is 11.8. The van der Waals surface area contributed by atoms with Gasteiger partial charge in [-0.3, -0.25) is 0 Å². The number of hydrogen-bond donors (Lipinski definition) is 3. The quantitative estimate of drug-likeness (QED) is 0.612. The first-order valence-corrected chi connectivity index (χ1v) is 6.01. The van der Waals surface area contributed by atoms with Crippen molar-refractivity contribution in [1.29, 1.82) is 0 Å². The lowest BCUT2D eigenvalue weighted by molar-refractivity contribution is -0.140. The van der Waals surface area contributed by atoms with E-state index >= 15 is 0 Å². The Labute approximate surface area is 106 Å². The summed E-state index contributed by atoms with van der Waals surface area (Å²) < 4.78 is 0. The average molecular weight is 259 g/mol. The van der Waals surface area contributed by atoms with Gasteiger partial charge in [-0.05, 0) is 26.9 Å². The molecular weight excluding hydrogens is 238 g/mol. The number of piperidine rings is 1. The number of rotatable bonds is 4. The number of carbonyl (C=O) groups excluding carboxylic acids is 1. The molecule has 0 aliphatic carbocycles. The molecule has 1 fully saturated rings. The smallest absolute Gasteiger partial charge is 0.328 e. The van der Waals surface area contributed by atoms with E-state index in [4.69, 9.17) is 10.2 Å². The van der Waals surface area contributed by atoms with E-state index in [1.54, 1.807) is 4.90 Å². The molecule has 0 spiro atoms. The number of aliphatic hydroxyl groups is 1. The van der Waals surface area contributed by atoms with Crippen molar-refractivity contribution in [3.63, 3.8) is 0 Å². The van der Waals surface area contributed by atoms with Crippen molar-refractivity contribution in [2.45, 2.75) is 24.9 Å². The molecule has 1 unspecified atom stereocenters. The van der Waals surface area contributed by atoms with Crippen molar-refractivity contribution in [3.05, 3.63) is 0 Å². The molecule has 0 aromatic rings. The molecule has 0 saturated carbocycles. The monoisotopic (exact) mass is 259 g/mol. The molecule has 0 radical (unpaired) electrons. The Morgan fingerprint density at radius 1 is 1.39 bits per heavy atom. The number of urea groups is 1. The fraction of sp³-hybridized carbons (Fsp3) is 0.818. The molecule has 0 bridgehead atoms. The SMILES string of the molecule is CN(C)C1CCN(C(=O)NC(CO)C(=O)O)CC1. The Morgan fingerprint density at radius 2 is 1.94 bits per heavy atom. The van der Waals surface area contributed by atoms with Gasteiger partial charge in [-0.1, -0.05) is 0 Å². The summed E-state index contributed by atoms with van der Waals surface area (Å²) in [6.45, 7) is 0.605. The van der Waals surface area contributed by atoms with E-state index in [-0.39, 0.29) is 0 Å². The average Bonchev–Trinajstić information content (AvgIpc) is 2.35. The summed E-state index contributed by atoms with van der Waals surface area (Å²) in [6, 6.07) is -1.19. The van der Waals surface area contributed by atoms with E-state index in [2.05, 4.69) is 10.2 Å². The molecule has 1 aliphatic heterocycles. The highest BCUT2D eigenvalue weighted by Gasteiger charge is 2.26. The number of likely N-dealkylation sites (tertiary alicyclic amines) is 1. The third-order valence-electron chi connectivity index (χ3n) is 3.26. The van der Waals surface area contributed by atoms with E-state index in [1.807, 2.05) is 14.1 Å². The zero-order chi connectivity index (χ0) is 13.7. The van der Waals surface area contributed by atoms with Crippen LogP contribution >= 0.6 is 0 Å². The highest BCUT2D eigenvalue weighted by Crippen LogP contribution is 2.14. The van der Waals surface area contributed by atoms with Crippen molar-refractivity contribution < 1.29 is 19.8 Å². The second kappa shape index (κ2) is 6.55. The number of carbonyl (C=O) groups is 2. The molecule has 3 N–H and O–H groups in total. The van der Waals surface area contributed by atoms with Crippen LogP contribution in [0.25, 0.3) is 0 Å². The van der Waals surface area contributed by atoms with Gasteiger partial charge < -0.3 is 25.3 Å². The molecule has 1 aliphatic rings. The summed E-state index contributed by atoms with van der Waals surface area (Å²) in [5.74, 6) is -1.23. The number of amides is 2. The minimum Gasteiger partial charge on any atom is -0.480 e. The first-order valence-electron chi connectivity index (χ1n) is 6.01. The highest BCUT2D eigenvalue weighted by molar-refractivity contribution is 5.82. The van der Waals surface area contributed by atoms with Crippen LogP contribution < -0.4 is 5.32 Å². The van der Waals surface area contributed by atoms with Crippen molar-refractivity contribution in [2.24, 2.45) is 0 Å². The summed E-state index contributed by atoms with van der Waals surface area (Å²) >= 11 is 0.